The lowest BCUT2D eigenvalue weighted by atomic mass is 10.2. The maximum absolute atomic E-state index is 5.17. The SMILES string of the molecule is COc1ccc(C(=NC2=[N+](C)CCC2)SC)cc1. The van der Waals surface area contributed by atoms with E-state index >= 15 is 0 Å². The standard InChI is InChI=1S/C14H19N2OS/c1-16-10-4-5-13(16)15-14(18-3)11-6-8-12(17-2)9-7-11/h6-9H,4-5,10H2,1-3H3/q+1. The molecule has 3 nitrogen and oxygen atoms in total. The Balaban J connectivity index is 2.27. The van der Waals surface area contributed by atoms with Crippen molar-refractivity contribution >= 4 is 22.6 Å². The maximum Gasteiger partial charge on any atom is 0.295 e. The summed E-state index contributed by atoms with van der Waals surface area (Å²) >= 11 is 1.69. The van der Waals surface area contributed by atoms with Crippen LogP contribution in [0.4, 0.5) is 0 Å². The molecule has 0 N–H and O–H groups in total. The minimum Gasteiger partial charge on any atom is -0.497 e. The molecule has 1 aromatic carbocycles. The highest BCUT2D eigenvalue weighted by atomic mass is 32.2. The van der Waals surface area contributed by atoms with Crippen LogP contribution < -0.4 is 4.74 Å². The number of benzene rings is 1. The van der Waals surface area contributed by atoms with Gasteiger partial charge in [0.1, 0.15) is 5.75 Å². The number of amidine groups is 1. The molecule has 0 saturated carbocycles. The maximum atomic E-state index is 5.17. The van der Waals surface area contributed by atoms with E-state index in [1.54, 1.807) is 18.9 Å². The van der Waals surface area contributed by atoms with Gasteiger partial charge in [-0.05, 0) is 41.9 Å². The second-order valence-electron chi connectivity index (χ2n) is 4.29. The summed E-state index contributed by atoms with van der Waals surface area (Å²) in [5, 5.41) is 1.07. The largest absolute Gasteiger partial charge is 0.497 e. The fourth-order valence-electron chi connectivity index (χ4n) is 2.01. The van der Waals surface area contributed by atoms with Crippen molar-refractivity contribution in [1.82, 2.24) is 0 Å². The molecule has 0 bridgehead atoms. The minimum atomic E-state index is 0.879. The van der Waals surface area contributed by atoms with E-state index < -0.39 is 0 Å². The molecule has 0 fully saturated rings. The molecular weight excluding hydrogens is 244 g/mol. The quantitative estimate of drug-likeness (QED) is 0.465. The molecule has 1 heterocycles. The van der Waals surface area contributed by atoms with Crippen molar-refractivity contribution in [3.05, 3.63) is 29.8 Å². The van der Waals surface area contributed by atoms with Crippen LogP contribution in [0, 0.1) is 0 Å². The number of rotatable bonds is 2. The topological polar surface area (TPSA) is 24.6 Å². The number of methoxy groups -OCH3 is 1. The summed E-state index contributed by atoms with van der Waals surface area (Å²) in [6.45, 7) is 1.11. The van der Waals surface area contributed by atoms with Crippen molar-refractivity contribution in [3.8, 4) is 5.75 Å². The Morgan fingerprint density at radius 1 is 1.33 bits per heavy atom. The second-order valence-corrected chi connectivity index (χ2v) is 5.09. The zero-order valence-corrected chi connectivity index (χ0v) is 12.0. The highest BCUT2D eigenvalue weighted by molar-refractivity contribution is 8.13. The molecule has 1 aliphatic rings. The van der Waals surface area contributed by atoms with Crippen LogP contribution in [-0.2, 0) is 0 Å². The van der Waals surface area contributed by atoms with Crippen molar-refractivity contribution in [3.63, 3.8) is 0 Å². The Morgan fingerprint density at radius 3 is 2.56 bits per heavy atom. The van der Waals surface area contributed by atoms with Gasteiger partial charge in [-0.15, -0.1) is 0 Å². The lowest BCUT2D eigenvalue weighted by Gasteiger charge is -2.01. The first-order valence-electron chi connectivity index (χ1n) is 6.08. The molecule has 4 heteroatoms. The molecule has 96 valence electrons. The van der Waals surface area contributed by atoms with Crippen molar-refractivity contribution in [2.24, 2.45) is 4.99 Å². The molecule has 2 rings (SSSR count). The monoisotopic (exact) mass is 263 g/mol. The van der Waals surface area contributed by atoms with Gasteiger partial charge in [-0.25, -0.2) is 0 Å². The molecule has 18 heavy (non-hydrogen) atoms. The lowest BCUT2D eigenvalue weighted by Crippen LogP contribution is -2.09. The number of nitrogens with zero attached hydrogens (tertiary/aromatic N) is 2. The van der Waals surface area contributed by atoms with Gasteiger partial charge in [-0.1, -0.05) is 11.8 Å². The number of aliphatic imine (C=N–C) groups is 1. The molecule has 0 unspecified atom stereocenters. The highest BCUT2D eigenvalue weighted by Crippen LogP contribution is 2.17. The van der Waals surface area contributed by atoms with Gasteiger partial charge in [0.05, 0.1) is 27.1 Å². The summed E-state index contributed by atoms with van der Waals surface area (Å²) < 4.78 is 7.41. The first-order chi connectivity index (χ1) is 8.74. The number of hydrogen-bond acceptors (Lipinski definition) is 3. The molecule has 0 atom stereocenters. The van der Waals surface area contributed by atoms with E-state index in [2.05, 4.69) is 30.0 Å². The fraction of sp³-hybridized carbons (Fsp3) is 0.429. The molecule has 0 aliphatic carbocycles. The van der Waals surface area contributed by atoms with Gasteiger partial charge in [0, 0.05) is 5.56 Å². The van der Waals surface area contributed by atoms with Crippen molar-refractivity contribution < 1.29 is 9.31 Å². The van der Waals surface area contributed by atoms with E-state index in [0.717, 1.165) is 29.3 Å². The summed E-state index contributed by atoms with van der Waals surface area (Å²) in [5.41, 5.74) is 1.15. The lowest BCUT2D eigenvalue weighted by molar-refractivity contribution is -0.489. The number of thioether (sulfide) groups is 1. The van der Waals surface area contributed by atoms with Gasteiger partial charge >= 0.3 is 0 Å². The van der Waals surface area contributed by atoms with E-state index in [1.807, 2.05) is 12.1 Å². The van der Waals surface area contributed by atoms with Crippen LogP contribution in [-0.4, -0.2) is 42.4 Å². The van der Waals surface area contributed by atoms with Gasteiger partial charge in [0.15, 0.2) is 0 Å². The average Bonchev–Trinajstić information content (AvgIpc) is 2.81. The summed E-state index contributed by atoms with van der Waals surface area (Å²) in [4.78, 5) is 4.78. The van der Waals surface area contributed by atoms with Gasteiger partial charge in [0.25, 0.3) is 5.84 Å². The Morgan fingerprint density at radius 2 is 2.06 bits per heavy atom. The molecular formula is C14H19N2OS+. The van der Waals surface area contributed by atoms with E-state index in [-0.39, 0.29) is 0 Å². The molecule has 1 aliphatic heterocycles. The third-order valence-corrected chi connectivity index (χ3v) is 3.81. The van der Waals surface area contributed by atoms with E-state index in [1.165, 1.54) is 12.3 Å². The molecule has 0 aromatic heterocycles. The van der Waals surface area contributed by atoms with E-state index in [4.69, 9.17) is 9.73 Å². The van der Waals surface area contributed by atoms with Gasteiger partial charge in [-0.3, -0.25) is 4.58 Å². The summed E-state index contributed by atoms with van der Waals surface area (Å²) in [5.74, 6) is 2.07. The van der Waals surface area contributed by atoms with Crippen molar-refractivity contribution in [2.45, 2.75) is 12.8 Å². The van der Waals surface area contributed by atoms with E-state index in [0.29, 0.717) is 0 Å². The number of hydrogen-bond donors (Lipinski definition) is 0. The first-order valence-corrected chi connectivity index (χ1v) is 7.31. The van der Waals surface area contributed by atoms with Gasteiger partial charge in [0.2, 0.25) is 5.04 Å². The van der Waals surface area contributed by atoms with Crippen LogP contribution in [0.25, 0.3) is 0 Å². The fourth-order valence-corrected chi connectivity index (χ4v) is 2.58. The zero-order valence-electron chi connectivity index (χ0n) is 11.1. The Hall–Kier alpha value is -1.29. The molecule has 1 aromatic rings. The molecule has 0 amide bonds. The van der Waals surface area contributed by atoms with Crippen LogP contribution >= 0.6 is 11.8 Å². The highest BCUT2D eigenvalue weighted by Gasteiger charge is 2.20. The third kappa shape index (κ3) is 2.93. The smallest absolute Gasteiger partial charge is 0.295 e. The molecule has 0 saturated heterocycles. The summed E-state index contributed by atoms with van der Waals surface area (Å²) in [6, 6.07) is 8.07. The van der Waals surface area contributed by atoms with Crippen LogP contribution in [0.15, 0.2) is 29.3 Å². The predicted octanol–water partition coefficient (Wildman–Crippen LogP) is 2.64. The van der Waals surface area contributed by atoms with E-state index in [9.17, 15) is 0 Å². The Bertz CT molecular complexity index is 477. The van der Waals surface area contributed by atoms with Crippen molar-refractivity contribution in [1.29, 1.82) is 0 Å². The summed E-state index contributed by atoms with van der Waals surface area (Å²) in [7, 11) is 3.79. The molecule has 0 spiro atoms. The molecule has 0 radical (unpaired) electrons. The van der Waals surface area contributed by atoms with Crippen LogP contribution in [0.5, 0.6) is 5.75 Å². The average molecular weight is 263 g/mol. The van der Waals surface area contributed by atoms with Crippen LogP contribution in [0.1, 0.15) is 18.4 Å². The normalized spacial score (nSPS) is 16.3. The first kappa shape index (κ1) is 13.1. The second kappa shape index (κ2) is 6.05. The van der Waals surface area contributed by atoms with Gasteiger partial charge in [-0.2, -0.15) is 0 Å². The van der Waals surface area contributed by atoms with Crippen LogP contribution in [0.2, 0.25) is 0 Å². The zero-order chi connectivity index (χ0) is 13.0. The Labute approximate surface area is 113 Å². The van der Waals surface area contributed by atoms with Crippen molar-refractivity contribution in [2.75, 3.05) is 27.0 Å². The Kier molecular flexibility index (Phi) is 4.42. The number of ether oxygens (including phenoxy) is 1. The third-order valence-electron chi connectivity index (χ3n) is 3.10. The predicted molar refractivity (Wildman–Crippen MR) is 78.3 cm³/mol. The summed E-state index contributed by atoms with van der Waals surface area (Å²) in [6.07, 6.45) is 4.36. The van der Waals surface area contributed by atoms with Crippen LogP contribution in [0.3, 0.4) is 0 Å². The van der Waals surface area contributed by atoms with Gasteiger partial charge < -0.3 is 4.74 Å². The minimum absolute atomic E-state index is 0.879.